The zero-order chi connectivity index (χ0) is 16.7. The Bertz CT molecular complexity index is 639. The van der Waals surface area contributed by atoms with Gasteiger partial charge in [-0.15, -0.1) is 0 Å². The molecule has 1 amide bonds. The number of halogens is 1. The average molecular weight is 350 g/mol. The van der Waals surface area contributed by atoms with Gasteiger partial charge >= 0.3 is 0 Å². The van der Waals surface area contributed by atoms with Crippen molar-refractivity contribution in [3.05, 3.63) is 28.8 Å². The van der Waals surface area contributed by atoms with Crippen LogP contribution >= 0.6 is 11.6 Å². The number of nitrogens with one attached hydrogen (secondary N) is 1. The lowest BCUT2D eigenvalue weighted by Gasteiger charge is -2.48. The lowest BCUT2D eigenvalue weighted by molar-refractivity contribution is -0.0450. The Kier molecular flexibility index (Phi) is 4.19. The van der Waals surface area contributed by atoms with Gasteiger partial charge < -0.3 is 10.6 Å². The quantitative estimate of drug-likeness (QED) is 0.633. The molecular formula is C18H24ClN3O2. The summed E-state index contributed by atoms with van der Waals surface area (Å²) in [7, 11) is 0. The summed E-state index contributed by atoms with van der Waals surface area (Å²) in [5, 5.41) is 0.383. The molecule has 5 nitrogen and oxygen atoms in total. The lowest BCUT2D eigenvalue weighted by atomic mass is 9.71. The van der Waals surface area contributed by atoms with E-state index in [0.29, 0.717) is 22.9 Å². The van der Waals surface area contributed by atoms with Gasteiger partial charge in [0.2, 0.25) is 0 Å². The van der Waals surface area contributed by atoms with Crippen molar-refractivity contribution in [2.45, 2.75) is 25.7 Å². The molecule has 4 fully saturated rings. The molecule has 0 radical (unpaired) electrons. The number of hydrogen-bond donors (Lipinski definition) is 2. The van der Waals surface area contributed by atoms with Gasteiger partial charge in [-0.25, -0.2) is 5.48 Å². The molecular weight excluding hydrogens is 326 g/mol. The SMILES string of the molecule is Nc1ccc(C(=O)NOCC2(C3CN4CCC3CC4)CC2)cc1Cl. The first-order valence-electron chi connectivity index (χ1n) is 8.77. The molecule has 1 aromatic rings. The second kappa shape index (κ2) is 6.21. The highest BCUT2D eigenvalue weighted by atomic mass is 35.5. The number of amides is 1. The molecule has 24 heavy (non-hydrogen) atoms. The van der Waals surface area contributed by atoms with Crippen LogP contribution in [-0.4, -0.2) is 37.0 Å². The Morgan fingerprint density at radius 2 is 2.12 bits per heavy atom. The van der Waals surface area contributed by atoms with Crippen LogP contribution in [0.4, 0.5) is 5.69 Å². The van der Waals surface area contributed by atoms with Gasteiger partial charge in [-0.1, -0.05) is 11.6 Å². The highest BCUT2D eigenvalue weighted by Crippen LogP contribution is 2.57. The number of piperidine rings is 3. The zero-order valence-corrected chi connectivity index (χ0v) is 14.5. The maximum absolute atomic E-state index is 12.2. The predicted octanol–water partition coefficient (Wildman–Crippen LogP) is 2.71. The number of carbonyl (C=O) groups is 1. The number of nitrogens with two attached hydrogens (primary N) is 1. The molecule has 2 bridgehead atoms. The number of nitrogen functional groups attached to an aromatic ring is 1. The van der Waals surface area contributed by atoms with Crippen LogP contribution in [0, 0.1) is 17.3 Å². The van der Waals surface area contributed by atoms with Crippen molar-refractivity contribution in [2.24, 2.45) is 17.3 Å². The van der Waals surface area contributed by atoms with Crippen molar-refractivity contribution in [3.8, 4) is 0 Å². The Morgan fingerprint density at radius 3 is 2.71 bits per heavy atom. The summed E-state index contributed by atoms with van der Waals surface area (Å²) in [6.07, 6.45) is 5.07. The van der Waals surface area contributed by atoms with E-state index in [9.17, 15) is 4.79 Å². The normalized spacial score (nSPS) is 30.1. The molecule has 1 aliphatic carbocycles. The molecule has 1 unspecified atom stereocenters. The second-order valence-corrected chi connectivity index (χ2v) is 7.97. The number of rotatable bonds is 5. The van der Waals surface area contributed by atoms with E-state index >= 15 is 0 Å². The summed E-state index contributed by atoms with van der Waals surface area (Å²) in [6, 6.07) is 4.85. The van der Waals surface area contributed by atoms with Crippen LogP contribution in [0.2, 0.25) is 5.02 Å². The van der Waals surface area contributed by atoms with E-state index < -0.39 is 0 Å². The Hall–Kier alpha value is -1.30. The molecule has 130 valence electrons. The van der Waals surface area contributed by atoms with Gasteiger partial charge in [-0.05, 0) is 68.8 Å². The average Bonchev–Trinajstić information content (AvgIpc) is 3.39. The van der Waals surface area contributed by atoms with Crippen LogP contribution in [0.5, 0.6) is 0 Å². The van der Waals surface area contributed by atoms with Crippen LogP contribution in [0.3, 0.4) is 0 Å². The van der Waals surface area contributed by atoms with Crippen LogP contribution in [0.1, 0.15) is 36.0 Å². The molecule has 3 N–H and O–H groups in total. The summed E-state index contributed by atoms with van der Waals surface area (Å²) in [6.45, 7) is 4.32. The van der Waals surface area contributed by atoms with E-state index in [0.717, 1.165) is 11.8 Å². The second-order valence-electron chi connectivity index (χ2n) is 7.56. The largest absolute Gasteiger partial charge is 0.398 e. The minimum absolute atomic E-state index is 0.274. The van der Waals surface area contributed by atoms with Crippen molar-refractivity contribution in [2.75, 3.05) is 32.0 Å². The van der Waals surface area contributed by atoms with Crippen LogP contribution < -0.4 is 11.2 Å². The van der Waals surface area contributed by atoms with Crippen molar-refractivity contribution < 1.29 is 9.63 Å². The third-order valence-electron chi connectivity index (χ3n) is 6.12. The predicted molar refractivity (Wildman–Crippen MR) is 93.6 cm³/mol. The van der Waals surface area contributed by atoms with Crippen LogP contribution in [0.25, 0.3) is 0 Å². The molecule has 0 aromatic heterocycles. The molecule has 5 rings (SSSR count). The highest BCUT2D eigenvalue weighted by Gasteiger charge is 2.54. The van der Waals surface area contributed by atoms with Gasteiger partial charge in [0.05, 0.1) is 17.3 Å². The van der Waals surface area contributed by atoms with Crippen molar-refractivity contribution >= 4 is 23.2 Å². The van der Waals surface area contributed by atoms with Gasteiger partial charge in [0.15, 0.2) is 0 Å². The van der Waals surface area contributed by atoms with Crippen LogP contribution in [0.15, 0.2) is 18.2 Å². The third kappa shape index (κ3) is 3.01. The third-order valence-corrected chi connectivity index (χ3v) is 6.45. The first-order chi connectivity index (χ1) is 11.6. The number of benzene rings is 1. The summed E-state index contributed by atoms with van der Waals surface area (Å²) in [5.41, 5.74) is 9.44. The van der Waals surface area contributed by atoms with Gasteiger partial charge in [0, 0.05) is 17.5 Å². The molecule has 0 spiro atoms. The maximum Gasteiger partial charge on any atom is 0.274 e. The summed E-state index contributed by atoms with van der Waals surface area (Å²) >= 11 is 5.96. The molecule has 1 aromatic carbocycles. The topological polar surface area (TPSA) is 67.6 Å². The minimum atomic E-state index is -0.276. The lowest BCUT2D eigenvalue weighted by Crippen LogP contribution is -2.51. The maximum atomic E-state index is 12.2. The van der Waals surface area contributed by atoms with E-state index in [1.807, 2.05) is 0 Å². The van der Waals surface area contributed by atoms with Gasteiger partial charge in [0.25, 0.3) is 5.91 Å². The van der Waals surface area contributed by atoms with Gasteiger partial charge in [-0.3, -0.25) is 9.63 Å². The molecule has 3 saturated heterocycles. The number of carbonyl (C=O) groups excluding carboxylic acids is 1. The van der Waals surface area contributed by atoms with E-state index in [2.05, 4.69) is 10.4 Å². The zero-order valence-electron chi connectivity index (χ0n) is 13.8. The number of hydroxylamine groups is 1. The van der Waals surface area contributed by atoms with Crippen molar-refractivity contribution in [1.29, 1.82) is 0 Å². The first-order valence-corrected chi connectivity index (χ1v) is 9.15. The molecule has 6 heteroatoms. The number of anilines is 1. The minimum Gasteiger partial charge on any atom is -0.398 e. The van der Waals surface area contributed by atoms with Crippen molar-refractivity contribution in [1.82, 2.24) is 10.4 Å². The van der Waals surface area contributed by atoms with E-state index in [1.54, 1.807) is 18.2 Å². The molecule has 1 atom stereocenters. The Balaban J connectivity index is 1.32. The highest BCUT2D eigenvalue weighted by molar-refractivity contribution is 6.33. The summed E-state index contributed by atoms with van der Waals surface area (Å²) in [5.74, 6) is 1.29. The van der Waals surface area contributed by atoms with Gasteiger partial charge in [0.1, 0.15) is 0 Å². The number of nitrogens with zero attached hydrogens (tertiary/aromatic N) is 1. The summed E-state index contributed by atoms with van der Waals surface area (Å²) in [4.78, 5) is 20.4. The Morgan fingerprint density at radius 1 is 1.38 bits per heavy atom. The fraction of sp³-hybridized carbons (Fsp3) is 0.611. The standard InChI is InChI=1S/C18H24ClN3O2/c19-15-9-13(1-2-16(15)20)17(23)21-24-11-18(5-6-18)14-10-22-7-3-12(14)4-8-22/h1-2,9,12,14H,3-8,10-11,20H2,(H,21,23). The van der Waals surface area contributed by atoms with E-state index in [1.165, 1.54) is 45.3 Å². The molecule has 3 heterocycles. The molecule has 3 aliphatic heterocycles. The number of hydrogen-bond acceptors (Lipinski definition) is 4. The van der Waals surface area contributed by atoms with Gasteiger partial charge in [-0.2, -0.15) is 0 Å². The van der Waals surface area contributed by atoms with Crippen molar-refractivity contribution in [3.63, 3.8) is 0 Å². The first kappa shape index (κ1) is 16.2. The fourth-order valence-corrected chi connectivity index (χ4v) is 4.59. The summed E-state index contributed by atoms with van der Waals surface area (Å²) < 4.78 is 0. The van der Waals surface area contributed by atoms with E-state index in [4.69, 9.17) is 22.2 Å². The van der Waals surface area contributed by atoms with Crippen LogP contribution in [-0.2, 0) is 4.84 Å². The monoisotopic (exact) mass is 349 g/mol. The molecule has 4 aliphatic rings. The van der Waals surface area contributed by atoms with E-state index in [-0.39, 0.29) is 11.3 Å². The number of fused-ring (bicyclic) bond motifs is 3. The molecule has 1 saturated carbocycles. The fourth-order valence-electron chi connectivity index (χ4n) is 4.41. The smallest absolute Gasteiger partial charge is 0.274 e. The Labute approximate surface area is 147 Å².